The molecule has 3 heteroatoms. The van der Waals surface area contributed by atoms with Crippen LogP contribution in [0.15, 0.2) is 36.9 Å². The Bertz CT molecular complexity index is 480. The first kappa shape index (κ1) is 14.6. The Morgan fingerprint density at radius 1 is 1.29 bits per heavy atom. The number of benzene rings is 1. The molecule has 1 aromatic rings. The number of likely N-dealkylation sites (tertiary alicyclic amines) is 1. The van der Waals surface area contributed by atoms with Gasteiger partial charge in [-0.25, -0.2) is 0 Å². The van der Waals surface area contributed by atoms with Gasteiger partial charge in [0, 0.05) is 13.1 Å². The van der Waals surface area contributed by atoms with Crippen LogP contribution in [0.2, 0.25) is 0 Å². The number of nitrogens with zero attached hydrogens (tertiary/aromatic N) is 1. The van der Waals surface area contributed by atoms with E-state index in [-0.39, 0.29) is 0 Å². The predicted octanol–water partition coefficient (Wildman–Crippen LogP) is 2.83. The third-order valence-corrected chi connectivity index (χ3v) is 4.85. The topological polar surface area (TPSA) is 24.5 Å². The monoisotopic (exact) mass is 286 g/mol. The molecule has 2 fully saturated rings. The molecule has 1 aromatic carbocycles. The summed E-state index contributed by atoms with van der Waals surface area (Å²) in [6, 6.07) is 8.47. The summed E-state index contributed by atoms with van der Waals surface area (Å²) in [5, 5.41) is 3.48. The predicted molar refractivity (Wildman–Crippen MR) is 86.6 cm³/mol. The van der Waals surface area contributed by atoms with E-state index >= 15 is 0 Å². The summed E-state index contributed by atoms with van der Waals surface area (Å²) in [6.07, 6.45) is 5.83. The standard InChI is InChI=1S/C18H26N2O/c1-2-12-21-17-5-3-4-16(13-17)14-20-11-8-18(15-20)6-9-19-10-7-18/h2-5,13,19H,1,6-12,14-15H2. The van der Waals surface area contributed by atoms with Gasteiger partial charge in [0.05, 0.1) is 0 Å². The number of hydrogen-bond acceptors (Lipinski definition) is 3. The zero-order chi connectivity index (χ0) is 14.5. The normalized spacial score (nSPS) is 21.5. The van der Waals surface area contributed by atoms with Crippen molar-refractivity contribution in [2.24, 2.45) is 5.41 Å². The van der Waals surface area contributed by atoms with Crippen LogP contribution in [-0.2, 0) is 6.54 Å². The van der Waals surface area contributed by atoms with E-state index < -0.39 is 0 Å². The van der Waals surface area contributed by atoms with Crippen molar-refractivity contribution in [3.8, 4) is 5.75 Å². The van der Waals surface area contributed by atoms with Crippen molar-refractivity contribution in [2.75, 3.05) is 32.8 Å². The Morgan fingerprint density at radius 3 is 2.95 bits per heavy atom. The number of ether oxygens (including phenoxy) is 1. The largest absolute Gasteiger partial charge is 0.490 e. The van der Waals surface area contributed by atoms with Gasteiger partial charge in [-0.15, -0.1) is 0 Å². The summed E-state index contributed by atoms with van der Waals surface area (Å²) in [6.45, 7) is 10.2. The highest BCUT2D eigenvalue weighted by Crippen LogP contribution is 2.39. The highest BCUT2D eigenvalue weighted by Gasteiger charge is 2.38. The van der Waals surface area contributed by atoms with Gasteiger partial charge in [-0.05, 0) is 62.0 Å². The van der Waals surface area contributed by atoms with Crippen LogP contribution in [0.4, 0.5) is 0 Å². The Kier molecular flexibility index (Phi) is 4.61. The molecule has 0 unspecified atom stereocenters. The summed E-state index contributed by atoms with van der Waals surface area (Å²) in [7, 11) is 0. The lowest BCUT2D eigenvalue weighted by atomic mass is 9.78. The van der Waals surface area contributed by atoms with Crippen molar-refractivity contribution in [1.82, 2.24) is 10.2 Å². The van der Waals surface area contributed by atoms with Crippen molar-refractivity contribution >= 4 is 0 Å². The molecule has 0 saturated carbocycles. The van der Waals surface area contributed by atoms with Crippen LogP contribution >= 0.6 is 0 Å². The molecular weight excluding hydrogens is 260 g/mol. The Labute approximate surface area is 128 Å². The van der Waals surface area contributed by atoms with Crippen molar-refractivity contribution in [3.63, 3.8) is 0 Å². The first-order valence-electron chi connectivity index (χ1n) is 8.05. The van der Waals surface area contributed by atoms with Crippen LogP contribution in [0.25, 0.3) is 0 Å². The molecule has 21 heavy (non-hydrogen) atoms. The quantitative estimate of drug-likeness (QED) is 0.842. The molecule has 1 spiro atoms. The van der Waals surface area contributed by atoms with Crippen LogP contribution in [0.5, 0.6) is 5.75 Å². The maximum atomic E-state index is 5.63. The molecule has 114 valence electrons. The molecule has 3 nitrogen and oxygen atoms in total. The van der Waals surface area contributed by atoms with Crippen LogP contribution in [-0.4, -0.2) is 37.7 Å². The van der Waals surface area contributed by atoms with Crippen LogP contribution in [0, 0.1) is 5.41 Å². The van der Waals surface area contributed by atoms with Crippen LogP contribution < -0.4 is 10.1 Å². The van der Waals surface area contributed by atoms with E-state index in [1.54, 1.807) is 6.08 Å². The van der Waals surface area contributed by atoms with E-state index in [1.165, 1.54) is 51.0 Å². The fourth-order valence-electron chi connectivity index (χ4n) is 3.67. The molecular formula is C18H26N2O. The van der Waals surface area contributed by atoms with Crippen molar-refractivity contribution < 1.29 is 4.74 Å². The van der Waals surface area contributed by atoms with E-state index in [0.717, 1.165) is 12.3 Å². The molecule has 0 atom stereocenters. The zero-order valence-electron chi connectivity index (χ0n) is 12.8. The van der Waals surface area contributed by atoms with Crippen molar-refractivity contribution in [3.05, 3.63) is 42.5 Å². The minimum atomic E-state index is 0.573. The lowest BCUT2D eigenvalue weighted by molar-refractivity contribution is 0.194. The zero-order valence-corrected chi connectivity index (χ0v) is 12.8. The summed E-state index contributed by atoms with van der Waals surface area (Å²) < 4.78 is 5.63. The van der Waals surface area contributed by atoms with E-state index in [0.29, 0.717) is 12.0 Å². The van der Waals surface area contributed by atoms with E-state index in [9.17, 15) is 0 Å². The second-order valence-corrected chi connectivity index (χ2v) is 6.46. The maximum Gasteiger partial charge on any atom is 0.120 e. The van der Waals surface area contributed by atoms with E-state index in [2.05, 4.69) is 35.0 Å². The third-order valence-electron chi connectivity index (χ3n) is 4.85. The van der Waals surface area contributed by atoms with Gasteiger partial charge in [-0.1, -0.05) is 24.8 Å². The minimum absolute atomic E-state index is 0.573. The highest BCUT2D eigenvalue weighted by molar-refractivity contribution is 5.28. The Hall–Kier alpha value is -1.32. The molecule has 2 aliphatic rings. The molecule has 1 N–H and O–H groups in total. The van der Waals surface area contributed by atoms with E-state index in [4.69, 9.17) is 4.74 Å². The van der Waals surface area contributed by atoms with Crippen LogP contribution in [0.1, 0.15) is 24.8 Å². The van der Waals surface area contributed by atoms with Gasteiger partial charge in [0.15, 0.2) is 0 Å². The minimum Gasteiger partial charge on any atom is -0.490 e. The average Bonchev–Trinajstić information content (AvgIpc) is 2.88. The number of hydrogen-bond donors (Lipinski definition) is 1. The van der Waals surface area contributed by atoms with Gasteiger partial charge in [0.1, 0.15) is 12.4 Å². The molecule has 0 amide bonds. The van der Waals surface area contributed by atoms with Gasteiger partial charge in [-0.3, -0.25) is 4.90 Å². The molecule has 2 aliphatic heterocycles. The fraction of sp³-hybridized carbons (Fsp3) is 0.556. The molecule has 0 aliphatic carbocycles. The summed E-state index contributed by atoms with van der Waals surface area (Å²) >= 11 is 0. The first-order valence-corrected chi connectivity index (χ1v) is 8.05. The van der Waals surface area contributed by atoms with Gasteiger partial charge in [0.25, 0.3) is 0 Å². The summed E-state index contributed by atoms with van der Waals surface area (Å²) in [4.78, 5) is 2.61. The van der Waals surface area contributed by atoms with Crippen molar-refractivity contribution in [1.29, 1.82) is 0 Å². The second kappa shape index (κ2) is 6.63. The second-order valence-electron chi connectivity index (χ2n) is 6.46. The van der Waals surface area contributed by atoms with Crippen molar-refractivity contribution in [2.45, 2.75) is 25.8 Å². The molecule has 0 bridgehead atoms. The molecule has 0 radical (unpaired) electrons. The molecule has 2 heterocycles. The highest BCUT2D eigenvalue weighted by atomic mass is 16.5. The number of piperidine rings is 1. The molecule has 2 saturated heterocycles. The summed E-state index contributed by atoms with van der Waals surface area (Å²) in [5.41, 5.74) is 1.94. The van der Waals surface area contributed by atoms with Crippen LogP contribution in [0.3, 0.4) is 0 Å². The smallest absolute Gasteiger partial charge is 0.120 e. The maximum absolute atomic E-state index is 5.63. The van der Waals surface area contributed by atoms with E-state index in [1.807, 2.05) is 6.07 Å². The fourth-order valence-corrected chi connectivity index (χ4v) is 3.67. The van der Waals surface area contributed by atoms with Gasteiger partial charge in [0.2, 0.25) is 0 Å². The molecule has 0 aromatic heterocycles. The Balaban J connectivity index is 1.58. The third kappa shape index (κ3) is 3.66. The lowest BCUT2D eigenvalue weighted by Gasteiger charge is -2.34. The van der Waals surface area contributed by atoms with Gasteiger partial charge >= 0.3 is 0 Å². The average molecular weight is 286 g/mol. The molecule has 3 rings (SSSR count). The summed E-state index contributed by atoms with van der Waals surface area (Å²) in [5.74, 6) is 0.947. The first-order chi connectivity index (χ1) is 10.3. The number of rotatable bonds is 5. The SMILES string of the molecule is C=CCOc1cccc(CN2CCC3(CCNCC3)C2)c1. The Morgan fingerprint density at radius 2 is 2.14 bits per heavy atom. The lowest BCUT2D eigenvalue weighted by Crippen LogP contribution is -2.38. The van der Waals surface area contributed by atoms with Gasteiger partial charge < -0.3 is 10.1 Å². The number of nitrogens with one attached hydrogen (secondary N) is 1. The van der Waals surface area contributed by atoms with Gasteiger partial charge in [-0.2, -0.15) is 0 Å².